The molecule has 0 radical (unpaired) electrons. The highest BCUT2D eigenvalue weighted by atomic mass is 35.5. The van der Waals surface area contributed by atoms with E-state index in [1.165, 1.54) is 11.3 Å². The molecule has 1 heterocycles. The van der Waals surface area contributed by atoms with Crippen molar-refractivity contribution >= 4 is 22.9 Å². The fourth-order valence-electron chi connectivity index (χ4n) is 1.53. The Morgan fingerprint density at radius 3 is 2.40 bits per heavy atom. The van der Waals surface area contributed by atoms with Crippen LogP contribution in [-0.4, -0.2) is 5.11 Å². The lowest BCUT2D eigenvalue weighted by molar-refractivity contribution is 0.106. The first-order valence-electron chi connectivity index (χ1n) is 4.64. The molecule has 1 N–H and O–H groups in total. The van der Waals surface area contributed by atoms with Crippen LogP contribution in [-0.2, 0) is 5.60 Å². The second-order valence-corrected chi connectivity index (χ2v) is 4.86. The highest BCUT2D eigenvalue weighted by Crippen LogP contribution is 2.37. The standard InChI is InChI=1S/C12H11ClOS/c1-12(14,9-5-3-2-4-6-9)11-10(13)7-8-15-11/h2-8,14H,1H3. The molecule has 0 saturated carbocycles. The number of benzene rings is 1. The molecular weight excluding hydrogens is 228 g/mol. The fraction of sp³-hybridized carbons (Fsp3) is 0.167. The van der Waals surface area contributed by atoms with Crippen molar-refractivity contribution in [2.75, 3.05) is 0 Å². The van der Waals surface area contributed by atoms with E-state index in [0.29, 0.717) is 5.02 Å². The smallest absolute Gasteiger partial charge is 0.122 e. The Labute approximate surface area is 98.0 Å². The van der Waals surface area contributed by atoms with Crippen molar-refractivity contribution < 1.29 is 5.11 Å². The first kappa shape index (κ1) is 10.7. The minimum atomic E-state index is -1.01. The fourth-order valence-corrected chi connectivity index (χ4v) is 2.86. The third-order valence-electron chi connectivity index (χ3n) is 2.40. The average Bonchev–Trinajstić information content (AvgIpc) is 2.66. The van der Waals surface area contributed by atoms with E-state index in [1.54, 1.807) is 13.0 Å². The SMILES string of the molecule is CC(O)(c1ccccc1)c1sccc1Cl. The van der Waals surface area contributed by atoms with Crippen molar-refractivity contribution in [2.24, 2.45) is 0 Å². The summed E-state index contributed by atoms with van der Waals surface area (Å²) in [6, 6.07) is 11.3. The molecule has 2 rings (SSSR count). The van der Waals surface area contributed by atoms with Crippen LogP contribution in [0.25, 0.3) is 0 Å². The maximum atomic E-state index is 10.5. The van der Waals surface area contributed by atoms with Crippen LogP contribution in [0.4, 0.5) is 0 Å². The Morgan fingerprint density at radius 2 is 1.87 bits per heavy atom. The monoisotopic (exact) mass is 238 g/mol. The molecular formula is C12H11ClOS. The van der Waals surface area contributed by atoms with Gasteiger partial charge in [0.15, 0.2) is 0 Å². The van der Waals surface area contributed by atoms with Gasteiger partial charge in [-0.1, -0.05) is 41.9 Å². The molecule has 0 saturated heterocycles. The normalized spacial score (nSPS) is 14.9. The predicted octanol–water partition coefficient (Wildman–Crippen LogP) is 3.66. The quantitative estimate of drug-likeness (QED) is 0.847. The molecule has 2 aromatic rings. The van der Waals surface area contributed by atoms with Crippen LogP contribution in [0.1, 0.15) is 17.4 Å². The van der Waals surface area contributed by atoms with Crippen LogP contribution >= 0.6 is 22.9 Å². The highest BCUT2D eigenvalue weighted by Gasteiger charge is 2.28. The molecule has 1 nitrogen and oxygen atoms in total. The third-order valence-corrected chi connectivity index (χ3v) is 3.95. The molecule has 1 unspecified atom stereocenters. The van der Waals surface area contributed by atoms with Crippen LogP contribution in [0.15, 0.2) is 41.8 Å². The summed E-state index contributed by atoms with van der Waals surface area (Å²) in [7, 11) is 0. The molecule has 1 aromatic heterocycles. The number of halogens is 1. The van der Waals surface area contributed by atoms with Gasteiger partial charge in [-0.3, -0.25) is 0 Å². The summed E-state index contributed by atoms with van der Waals surface area (Å²) in [6.07, 6.45) is 0. The molecule has 0 aliphatic carbocycles. The molecule has 0 amide bonds. The Bertz CT molecular complexity index is 448. The molecule has 78 valence electrons. The van der Waals surface area contributed by atoms with E-state index in [1.807, 2.05) is 35.7 Å². The van der Waals surface area contributed by atoms with Gasteiger partial charge in [-0.05, 0) is 23.9 Å². The Balaban J connectivity index is 2.48. The molecule has 0 spiro atoms. The Kier molecular flexibility index (Phi) is 2.83. The van der Waals surface area contributed by atoms with E-state index in [4.69, 9.17) is 11.6 Å². The van der Waals surface area contributed by atoms with E-state index in [0.717, 1.165) is 10.4 Å². The lowest BCUT2D eigenvalue weighted by atomic mass is 9.94. The van der Waals surface area contributed by atoms with Gasteiger partial charge in [0.05, 0.1) is 9.90 Å². The number of hydrogen-bond donors (Lipinski definition) is 1. The second-order valence-electron chi connectivity index (χ2n) is 3.54. The van der Waals surface area contributed by atoms with Gasteiger partial charge in [0.1, 0.15) is 5.60 Å². The van der Waals surface area contributed by atoms with Gasteiger partial charge in [-0.2, -0.15) is 0 Å². The molecule has 1 atom stereocenters. The van der Waals surface area contributed by atoms with Crippen molar-refractivity contribution in [3.63, 3.8) is 0 Å². The number of hydrogen-bond acceptors (Lipinski definition) is 2. The number of thiophene rings is 1. The summed E-state index contributed by atoms with van der Waals surface area (Å²) in [4.78, 5) is 0.787. The number of rotatable bonds is 2. The average molecular weight is 239 g/mol. The van der Waals surface area contributed by atoms with Crippen LogP contribution in [0.5, 0.6) is 0 Å². The molecule has 15 heavy (non-hydrogen) atoms. The minimum absolute atomic E-state index is 0.619. The van der Waals surface area contributed by atoms with Crippen LogP contribution in [0, 0.1) is 0 Å². The van der Waals surface area contributed by atoms with Crippen LogP contribution in [0.3, 0.4) is 0 Å². The Hall–Kier alpha value is -0.830. The Morgan fingerprint density at radius 1 is 1.20 bits per heavy atom. The first-order valence-corrected chi connectivity index (χ1v) is 5.89. The van der Waals surface area contributed by atoms with Gasteiger partial charge in [0, 0.05) is 0 Å². The summed E-state index contributed by atoms with van der Waals surface area (Å²) in [5, 5.41) is 13.0. The van der Waals surface area contributed by atoms with E-state index in [-0.39, 0.29) is 0 Å². The number of aliphatic hydroxyl groups is 1. The molecule has 1 aromatic carbocycles. The maximum absolute atomic E-state index is 10.5. The van der Waals surface area contributed by atoms with Gasteiger partial charge in [-0.25, -0.2) is 0 Å². The van der Waals surface area contributed by atoms with Gasteiger partial charge < -0.3 is 5.11 Å². The predicted molar refractivity (Wildman–Crippen MR) is 64.4 cm³/mol. The maximum Gasteiger partial charge on any atom is 0.122 e. The molecule has 0 bridgehead atoms. The van der Waals surface area contributed by atoms with Gasteiger partial charge in [-0.15, -0.1) is 11.3 Å². The van der Waals surface area contributed by atoms with Gasteiger partial charge >= 0.3 is 0 Å². The van der Waals surface area contributed by atoms with E-state index >= 15 is 0 Å². The molecule has 3 heteroatoms. The molecule has 0 fully saturated rings. The van der Waals surface area contributed by atoms with Gasteiger partial charge in [0.2, 0.25) is 0 Å². The van der Waals surface area contributed by atoms with Crippen molar-refractivity contribution in [3.05, 3.63) is 57.2 Å². The largest absolute Gasteiger partial charge is 0.380 e. The lowest BCUT2D eigenvalue weighted by Crippen LogP contribution is -2.21. The molecule has 0 aliphatic rings. The molecule has 0 aliphatic heterocycles. The third kappa shape index (κ3) is 1.93. The zero-order valence-electron chi connectivity index (χ0n) is 8.27. The lowest BCUT2D eigenvalue weighted by Gasteiger charge is -2.23. The van der Waals surface area contributed by atoms with Crippen molar-refractivity contribution in [2.45, 2.75) is 12.5 Å². The first-order chi connectivity index (χ1) is 7.12. The van der Waals surface area contributed by atoms with Crippen LogP contribution < -0.4 is 0 Å². The second kappa shape index (κ2) is 3.97. The summed E-state index contributed by atoms with van der Waals surface area (Å²) in [5.74, 6) is 0. The van der Waals surface area contributed by atoms with Crippen LogP contribution in [0.2, 0.25) is 5.02 Å². The summed E-state index contributed by atoms with van der Waals surface area (Å²) >= 11 is 7.49. The van der Waals surface area contributed by atoms with Gasteiger partial charge in [0.25, 0.3) is 0 Å². The highest BCUT2D eigenvalue weighted by molar-refractivity contribution is 7.10. The van der Waals surface area contributed by atoms with E-state index < -0.39 is 5.60 Å². The minimum Gasteiger partial charge on any atom is -0.380 e. The summed E-state index contributed by atoms with van der Waals surface area (Å²) in [5.41, 5.74) is -0.152. The van der Waals surface area contributed by atoms with E-state index in [9.17, 15) is 5.11 Å². The summed E-state index contributed by atoms with van der Waals surface area (Å²) in [6.45, 7) is 1.76. The van der Waals surface area contributed by atoms with Crippen molar-refractivity contribution in [1.82, 2.24) is 0 Å². The van der Waals surface area contributed by atoms with Crippen molar-refractivity contribution in [1.29, 1.82) is 0 Å². The zero-order chi connectivity index (χ0) is 10.9. The zero-order valence-corrected chi connectivity index (χ0v) is 9.85. The van der Waals surface area contributed by atoms with Crippen molar-refractivity contribution in [3.8, 4) is 0 Å². The topological polar surface area (TPSA) is 20.2 Å². The van der Waals surface area contributed by atoms with E-state index in [2.05, 4.69) is 0 Å². The summed E-state index contributed by atoms with van der Waals surface area (Å²) < 4.78 is 0.